The lowest BCUT2D eigenvalue weighted by atomic mass is 9.87. The van der Waals surface area contributed by atoms with Crippen LogP contribution in [0.5, 0.6) is 5.75 Å². The summed E-state index contributed by atoms with van der Waals surface area (Å²) >= 11 is 0. The van der Waals surface area contributed by atoms with E-state index in [9.17, 15) is 32.7 Å². The maximum atomic E-state index is 13.5. The highest BCUT2D eigenvalue weighted by molar-refractivity contribution is 6.04. The van der Waals surface area contributed by atoms with Gasteiger partial charge in [-0.25, -0.2) is 19.4 Å². The van der Waals surface area contributed by atoms with Crippen LogP contribution < -0.4 is 15.8 Å². The standard InChI is InChI=1S/C31H32F3N7O6/c1-30(16-42,17-47-29(45)31(32,33)34)28(44)40-13-3-4-19(15-40)24-22-10-12-37-26(35)25(22)41(39-24)20-7-5-18(6-8-20)27(43)38-23-14-21(46-2)9-11-36-23/h5-12,14,19,42H,3-4,13,15-17H2,1-2H3,(H2,35,37)(H,36,38,43)/t19-,30?/m1/s1. The maximum absolute atomic E-state index is 13.5. The number of aliphatic hydroxyl groups excluding tert-OH is 1. The summed E-state index contributed by atoms with van der Waals surface area (Å²) in [5.74, 6) is -2.72. The molecule has 1 saturated heterocycles. The van der Waals surface area contributed by atoms with E-state index in [4.69, 9.17) is 15.6 Å². The largest absolute Gasteiger partial charge is 0.497 e. The minimum atomic E-state index is -5.23. The number of pyridine rings is 2. The third-order valence-electron chi connectivity index (χ3n) is 7.94. The number of nitrogens with zero attached hydrogens (tertiary/aromatic N) is 5. The van der Waals surface area contributed by atoms with E-state index >= 15 is 0 Å². The molecule has 2 amide bonds. The molecule has 16 heteroatoms. The number of methoxy groups -OCH3 is 1. The number of benzene rings is 1. The van der Waals surface area contributed by atoms with Crippen molar-refractivity contribution in [3.63, 3.8) is 0 Å². The molecule has 4 aromatic rings. The van der Waals surface area contributed by atoms with Gasteiger partial charge in [-0.1, -0.05) is 0 Å². The van der Waals surface area contributed by atoms with Gasteiger partial charge < -0.3 is 30.5 Å². The number of piperidine rings is 1. The molecule has 1 aliphatic heterocycles. The van der Waals surface area contributed by atoms with Crippen molar-refractivity contribution >= 4 is 40.3 Å². The molecule has 0 spiro atoms. The van der Waals surface area contributed by atoms with Gasteiger partial charge >= 0.3 is 12.1 Å². The molecule has 4 N–H and O–H groups in total. The minimum Gasteiger partial charge on any atom is -0.497 e. The Balaban J connectivity index is 1.38. The number of nitrogens with one attached hydrogen (secondary N) is 1. The van der Waals surface area contributed by atoms with Gasteiger partial charge in [0.25, 0.3) is 5.91 Å². The molecule has 0 radical (unpaired) electrons. The second kappa shape index (κ2) is 13.2. The summed E-state index contributed by atoms with van der Waals surface area (Å²) in [4.78, 5) is 47.4. The van der Waals surface area contributed by atoms with Crippen LogP contribution in [0.2, 0.25) is 0 Å². The monoisotopic (exact) mass is 655 g/mol. The number of nitrogens with two attached hydrogens (primary N) is 1. The molecule has 248 valence electrons. The van der Waals surface area contributed by atoms with E-state index in [1.807, 2.05) is 0 Å². The van der Waals surface area contributed by atoms with E-state index in [-0.39, 0.29) is 30.7 Å². The van der Waals surface area contributed by atoms with Crippen LogP contribution in [0.4, 0.5) is 24.8 Å². The number of alkyl halides is 3. The van der Waals surface area contributed by atoms with Crippen LogP contribution in [-0.2, 0) is 14.3 Å². The quantitative estimate of drug-likeness (QED) is 0.227. The second-order valence-electron chi connectivity index (χ2n) is 11.4. The molecular weight excluding hydrogens is 623 g/mol. The van der Waals surface area contributed by atoms with Crippen LogP contribution >= 0.6 is 0 Å². The van der Waals surface area contributed by atoms with Gasteiger partial charge in [0.1, 0.15) is 34.9 Å². The molecule has 1 fully saturated rings. The Labute approximate surface area is 266 Å². The number of esters is 1. The van der Waals surface area contributed by atoms with Crippen molar-refractivity contribution in [3.8, 4) is 11.4 Å². The van der Waals surface area contributed by atoms with Gasteiger partial charge in [-0.15, -0.1) is 0 Å². The molecule has 1 unspecified atom stereocenters. The summed E-state index contributed by atoms with van der Waals surface area (Å²) in [6, 6.07) is 11.6. The van der Waals surface area contributed by atoms with E-state index < -0.39 is 36.7 Å². The molecule has 0 bridgehead atoms. The fraction of sp³-hybridized carbons (Fsp3) is 0.355. The minimum absolute atomic E-state index is 0.146. The van der Waals surface area contributed by atoms with E-state index in [2.05, 4.69) is 20.0 Å². The Morgan fingerprint density at radius 3 is 2.51 bits per heavy atom. The molecule has 1 aliphatic rings. The predicted molar refractivity (Wildman–Crippen MR) is 163 cm³/mol. The van der Waals surface area contributed by atoms with Crippen LogP contribution in [0.1, 0.15) is 41.7 Å². The van der Waals surface area contributed by atoms with Crippen molar-refractivity contribution in [1.29, 1.82) is 0 Å². The van der Waals surface area contributed by atoms with Gasteiger partial charge in [0, 0.05) is 48.4 Å². The van der Waals surface area contributed by atoms with Crippen LogP contribution in [0, 0.1) is 5.41 Å². The summed E-state index contributed by atoms with van der Waals surface area (Å²) in [7, 11) is 1.51. The number of hydrogen-bond acceptors (Lipinski definition) is 10. The number of aliphatic hydroxyl groups is 1. The first-order valence-corrected chi connectivity index (χ1v) is 14.5. The number of ether oxygens (including phenoxy) is 2. The number of carbonyl (C=O) groups excluding carboxylic acids is 3. The molecular formula is C31H32F3N7O6. The Hall–Kier alpha value is -5.25. The zero-order valence-electron chi connectivity index (χ0n) is 25.5. The van der Waals surface area contributed by atoms with Crippen molar-refractivity contribution in [2.45, 2.75) is 31.9 Å². The third kappa shape index (κ3) is 6.96. The Bertz CT molecular complexity index is 1800. The SMILES string of the molecule is COc1ccnc(NC(=O)c2ccc(-n3nc([C@@H]4CCCN(C(=O)C(C)(CO)COC(=O)C(F)(F)F)C4)c4ccnc(N)c43)cc2)c1. The maximum Gasteiger partial charge on any atom is 0.490 e. The van der Waals surface area contributed by atoms with Crippen LogP contribution in [0.15, 0.2) is 54.9 Å². The van der Waals surface area contributed by atoms with E-state index in [1.54, 1.807) is 47.1 Å². The average Bonchev–Trinajstić information content (AvgIpc) is 3.47. The lowest BCUT2D eigenvalue weighted by molar-refractivity contribution is -0.203. The van der Waals surface area contributed by atoms with Crippen LogP contribution in [-0.4, -0.2) is 87.1 Å². The highest BCUT2D eigenvalue weighted by Crippen LogP contribution is 2.36. The number of carbonyl (C=O) groups is 3. The molecule has 5 rings (SSSR count). The number of halogens is 3. The highest BCUT2D eigenvalue weighted by atomic mass is 19.4. The van der Waals surface area contributed by atoms with Gasteiger partial charge in [0.05, 0.1) is 25.1 Å². The predicted octanol–water partition coefficient (Wildman–Crippen LogP) is 3.47. The summed E-state index contributed by atoms with van der Waals surface area (Å²) in [6.45, 7) is -0.0907. The highest BCUT2D eigenvalue weighted by Gasteiger charge is 2.45. The number of amides is 2. The lowest BCUT2D eigenvalue weighted by Crippen LogP contribution is -2.50. The van der Waals surface area contributed by atoms with E-state index in [1.165, 1.54) is 31.3 Å². The van der Waals surface area contributed by atoms with Gasteiger partial charge in [-0.2, -0.15) is 18.3 Å². The molecule has 13 nitrogen and oxygen atoms in total. The Morgan fingerprint density at radius 2 is 1.83 bits per heavy atom. The number of rotatable bonds is 9. The first-order chi connectivity index (χ1) is 22.3. The summed E-state index contributed by atoms with van der Waals surface area (Å²) in [5, 5.41) is 18.2. The number of likely N-dealkylation sites (tertiary alicyclic amines) is 1. The zero-order valence-corrected chi connectivity index (χ0v) is 25.5. The van der Waals surface area contributed by atoms with E-state index in [0.717, 1.165) is 0 Å². The molecule has 2 atom stereocenters. The van der Waals surface area contributed by atoms with Crippen molar-refractivity contribution in [2.24, 2.45) is 5.41 Å². The number of nitrogen functional groups attached to an aromatic ring is 1. The molecule has 1 aromatic carbocycles. The van der Waals surface area contributed by atoms with Gasteiger partial charge in [0.15, 0.2) is 0 Å². The Morgan fingerprint density at radius 1 is 1.11 bits per heavy atom. The number of aromatic nitrogens is 4. The fourth-order valence-electron chi connectivity index (χ4n) is 5.40. The van der Waals surface area contributed by atoms with Gasteiger partial charge in [0.2, 0.25) is 5.91 Å². The summed E-state index contributed by atoms with van der Waals surface area (Å²) in [6.07, 6.45) is -1.00. The fourth-order valence-corrected chi connectivity index (χ4v) is 5.40. The third-order valence-corrected chi connectivity index (χ3v) is 7.94. The van der Waals surface area contributed by atoms with Crippen molar-refractivity contribution in [2.75, 3.05) is 44.5 Å². The number of fused-ring (bicyclic) bond motifs is 1. The number of anilines is 2. The molecule has 0 aliphatic carbocycles. The molecule has 0 saturated carbocycles. The first kappa shape index (κ1) is 33.1. The average molecular weight is 656 g/mol. The topological polar surface area (TPSA) is 175 Å². The van der Waals surface area contributed by atoms with Crippen molar-refractivity contribution in [3.05, 3.63) is 66.1 Å². The zero-order chi connectivity index (χ0) is 33.9. The van der Waals surface area contributed by atoms with Crippen LogP contribution in [0.25, 0.3) is 16.6 Å². The summed E-state index contributed by atoms with van der Waals surface area (Å²) < 4.78 is 49.2. The smallest absolute Gasteiger partial charge is 0.490 e. The molecule has 3 aromatic heterocycles. The van der Waals surface area contributed by atoms with E-state index in [0.29, 0.717) is 52.3 Å². The van der Waals surface area contributed by atoms with Crippen molar-refractivity contribution < 1.29 is 42.1 Å². The molecule has 47 heavy (non-hydrogen) atoms. The Kier molecular flexibility index (Phi) is 9.33. The van der Waals surface area contributed by atoms with Crippen molar-refractivity contribution in [1.82, 2.24) is 24.6 Å². The van der Waals surface area contributed by atoms with Gasteiger partial charge in [-0.05, 0) is 56.2 Å². The first-order valence-electron chi connectivity index (χ1n) is 14.5. The summed E-state index contributed by atoms with van der Waals surface area (Å²) in [5.41, 5.74) is 6.59. The molecule has 4 heterocycles. The second-order valence-corrected chi connectivity index (χ2v) is 11.4. The lowest BCUT2D eigenvalue weighted by Gasteiger charge is -2.37. The normalized spacial score (nSPS) is 16.4. The number of hydrogen-bond donors (Lipinski definition) is 3. The van der Waals surface area contributed by atoms with Gasteiger partial charge in [-0.3, -0.25) is 9.59 Å². The van der Waals surface area contributed by atoms with Crippen LogP contribution in [0.3, 0.4) is 0 Å².